The van der Waals surface area contributed by atoms with Gasteiger partial charge in [0.15, 0.2) is 0 Å². The van der Waals surface area contributed by atoms with Gasteiger partial charge in [0.2, 0.25) is 5.91 Å². The zero-order valence-corrected chi connectivity index (χ0v) is 14.5. The van der Waals surface area contributed by atoms with Crippen molar-refractivity contribution in [3.63, 3.8) is 0 Å². The van der Waals surface area contributed by atoms with E-state index < -0.39 is 12.1 Å². The van der Waals surface area contributed by atoms with Crippen LogP contribution in [-0.4, -0.2) is 41.3 Å². The summed E-state index contributed by atoms with van der Waals surface area (Å²) >= 11 is 0. The van der Waals surface area contributed by atoms with Gasteiger partial charge in [0, 0.05) is 24.1 Å². The van der Waals surface area contributed by atoms with Gasteiger partial charge < -0.3 is 19.5 Å². The fourth-order valence-electron chi connectivity index (χ4n) is 3.78. The quantitative estimate of drug-likeness (QED) is 0.756. The Bertz CT molecular complexity index is 1050. The molecule has 0 saturated carbocycles. The molecule has 2 aromatic carbocycles. The van der Waals surface area contributed by atoms with Crippen LogP contribution in [0, 0.1) is 0 Å². The molecule has 3 aromatic rings. The van der Waals surface area contributed by atoms with Crippen LogP contribution in [-0.2, 0) is 22.5 Å². The second-order valence-corrected chi connectivity index (χ2v) is 6.76. The smallest absolute Gasteiger partial charge is 0.407 e. The third-order valence-electron chi connectivity index (χ3n) is 5.16. The van der Waals surface area contributed by atoms with E-state index in [1.54, 1.807) is 4.90 Å². The largest absolute Gasteiger partial charge is 0.447 e. The molecule has 2 amide bonds. The van der Waals surface area contributed by atoms with Crippen LogP contribution < -0.4 is 5.32 Å². The van der Waals surface area contributed by atoms with Crippen molar-refractivity contribution in [3.8, 4) is 11.3 Å². The summed E-state index contributed by atoms with van der Waals surface area (Å²) in [5, 5.41) is 9.08. The molecule has 1 N–H and O–H groups in total. The van der Waals surface area contributed by atoms with E-state index in [-0.39, 0.29) is 12.5 Å². The van der Waals surface area contributed by atoms with Crippen LogP contribution in [0.4, 0.5) is 4.79 Å². The molecule has 2 aliphatic rings. The van der Waals surface area contributed by atoms with Gasteiger partial charge in [-0.1, -0.05) is 47.6 Å². The summed E-state index contributed by atoms with van der Waals surface area (Å²) < 4.78 is 10.4. The van der Waals surface area contributed by atoms with E-state index >= 15 is 0 Å². The molecule has 2 aliphatic heterocycles. The Morgan fingerprint density at radius 1 is 1.19 bits per heavy atom. The van der Waals surface area contributed by atoms with Gasteiger partial charge >= 0.3 is 6.09 Å². The van der Waals surface area contributed by atoms with Crippen LogP contribution in [0.5, 0.6) is 0 Å². The highest BCUT2D eigenvalue weighted by Crippen LogP contribution is 2.34. The number of hydrogen-bond acceptors (Lipinski definition) is 5. The van der Waals surface area contributed by atoms with E-state index in [4.69, 9.17) is 9.26 Å². The number of aromatic nitrogens is 1. The summed E-state index contributed by atoms with van der Waals surface area (Å²) in [6.45, 7) is 1.01. The summed E-state index contributed by atoms with van der Waals surface area (Å²) in [5.41, 5.74) is 2.69. The SMILES string of the molecule is O=C1NC(C(=O)N2CCc3onc(-c4cccc5ccccc45)c3C2)CO1. The average Bonchev–Trinajstić information content (AvgIpc) is 3.32. The molecule has 1 aromatic heterocycles. The standard InChI is InChI=1S/C20H17N3O4/c24-19(16-11-26-20(25)21-16)23-9-8-17-15(10-23)18(22-27-17)14-7-3-5-12-4-1-2-6-13(12)14/h1-7,16H,8-11H2,(H,21,25). The first-order valence-corrected chi connectivity index (χ1v) is 8.88. The number of carbonyl (C=O) groups excluding carboxylic acids is 2. The number of ether oxygens (including phenoxy) is 1. The maximum absolute atomic E-state index is 12.7. The molecule has 7 heteroatoms. The Hall–Kier alpha value is -3.35. The summed E-state index contributed by atoms with van der Waals surface area (Å²) in [6, 6.07) is 13.6. The molecule has 0 radical (unpaired) electrons. The van der Waals surface area contributed by atoms with Gasteiger partial charge in [-0.25, -0.2) is 4.79 Å². The number of cyclic esters (lactones) is 1. The molecule has 5 rings (SSSR count). The second-order valence-electron chi connectivity index (χ2n) is 6.76. The molecule has 1 saturated heterocycles. The monoisotopic (exact) mass is 363 g/mol. The molecule has 3 heterocycles. The van der Waals surface area contributed by atoms with E-state index in [9.17, 15) is 9.59 Å². The molecule has 136 valence electrons. The molecule has 1 fully saturated rings. The van der Waals surface area contributed by atoms with Crippen LogP contribution in [0.2, 0.25) is 0 Å². The molecule has 1 unspecified atom stereocenters. The lowest BCUT2D eigenvalue weighted by Crippen LogP contribution is -2.47. The Kier molecular flexibility index (Phi) is 3.60. The lowest BCUT2D eigenvalue weighted by molar-refractivity contribution is -0.134. The van der Waals surface area contributed by atoms with Crippen molar-refractivity contribution in [3.05, 3.63) is 53.8 Å². The van der Waals surface area contributed by atoms with Gasteiger partial charge in [-0.3, -0.25) is 4.79 Å². The summed E-state index contributed by atoms with van der Waals surface area (Å²) in [5.74, 6) is 0.672. The van der Waals surface area contributed by atoms with Gasteiger partial charge in [-0.05, 0) is 10.8 Å². The maximum Gasteiger partial charge on any atom is 0.407 e. The second kappa shape index (κ2) is 6.12. The van der Waals surface area contributed by atoms with Gasteiger partial charge in [0.25, 0.3) is 0 Å². The molecule has 0 spiro atoms. The Balaban J connectivity index is 1.50. The Morgan fingerprint density at radius 2 is 2.04 bits per heavy atom. The highest BCUT2D eigenvalue weighted by Gasteiger charge is 2.35. The average molecular weight is 363 g/mol. The summed E-state index contributed by atoms with van der Waals surface area (Å²) in [7, 11) is 0. The molecule has 27 heavy (non-hydrogen) atoms. The fourth-order valence-corrected chi connectivity index (χ4v) is 3.78. The number of hydrogen-bond donors (Lipinski definition) is 1. The van der Waals surface area contributed by atoms with Crippen molar-refractivity contribution in [1.29, 1.82) is 0 Å². The Morgan fingerprint density at radius 3 is 2.89 bits per heavy atom. The molecule has 0 bridgehead atoms. The predicted octanol–water partition coefficient (Wildman–Crippen LogP) is 2.49. The van der Waals surface area contributed by atoms with E-state index in [2.05, 4.69) is 28.7 Å². The predicted molar refractivity (Wildman–Crippen MR) is 96.8 cm³/mol. The van der Waals surface area contributed by atoms with Gasteiger partial charge in [0.1, 0.15) is 24.1 Å². The third kappa shape index (κ3) is 2.63. The van der Waals surface area contributed by atoms with Crippen LogP contribution in [0.1, 0.15) is 11.3 Å². The molecule has 1 atom stereocenters. The van der Waals surface area contributed by atoms with Crippen molar-refractivity contribution in [2.45, 2.75) is 19.0 Å². The molecular formula is C20H17N3O4. The Labute approximate surface area is 154 Å². The first kappa shape index (κ1) is 15.9. The van der Waals surface area contributed by atoms with E-state index in [0.29, 0.717) is 19.5 Å². The number of nitrogens with one attached hydrogen (secondary N) is 1. The van der Waals surface area contributed by atoms with Crippen LogP contribution in [0.25, 0.3) is 22.0 Å². The third-order valence-corrected chi connectivity index (χ3v) is 5.16. The minimum absolute atomic E-state index is 0.0703. The highest BCUT2D eigenvalue weighted by molar-refractivity contribution is 5.96. The first-order valence-electron chi connectivity index (χ1n) is 8.88. The number of alkyl carbamates (subject to hydrolysis) is 1. The number of rotatable bonds is 2. The van der Waals surface area contributed by atoms with Crippen molar-refractivity contribution in [2.75, 3.05) is 13.2 Å². The van der Waals surface area contributed by atoms with E-state index in [1.807, 2.05) is 24.3 Å². The number of nitrogens with zero attached hydrogens (tertiary/aromatic N) is 2. The zero-order valence-electron chi connectivity index (χ0n) is 14.5. The lowest BCUT2D eigenvalue weighted by Gasteiger charge is -2.28. The number of carbonyl (C=O) groups is 2. The van der Waals surface area contributed by atoms with E-state index in [0.717, 1.165) is 33.4 Å². The van der Waals surface area contributed by atoms with Crippen molar-refractivity contribution >= 4 is 22.8 Å². The zero-order chi connectivity index (χ0) is 18.4. The van der Waals surface area contributed by atoms with Crippen molar-refractivity contribution in [1.82, 2.24) is 15.4 Å². The lowest BCUT2D eigenvalue weighted by atomic mass is 9.97. The van der Waals surface area contributed by atoms with Crippen LogP contribution in [0.15, 0.2) is 47.0 Å². The van der Waals surface area contributed by atoms with Crippen molar-refractivity contribution in [2.24, 2.45) is 0 Å². The maximum atomic E-state index is 12.7. The van der Waals surface area contributed by atoms with Gasteiger partial charge in [-0.15, -0.1) is 0 Å². The minimum Gasteiger partial charge on any atom is -0.447 e. The van der Waals surface area contributed by atoms with Gasteiger partial charge in [-0.2, -0.15) is 0 Å². The molecular weight excluding hydrogens is 346 g/mol. The number of amides is 2. The van der Waals surface area contributed by atoms with E-state index in [1.165, 1.54) is 0 Å². The van der Waals surface area contributed by atoms with Crippen molar-refractivity contribution < 1.29 is 18.8 Å². The number of fused-ring (bicyclic) bond motifs is 2. The minimum atomic E-state index is -0.625. The first-order chi connectivity index (χ1) is 13.2. The fraction of sp³-hybridized carbons (Fsp3) is 0.250. The normalized spacial score (nSPS) is 18.9. The molecule has 0 aliphatic carbocycles. The summed E-state index contributed by atoms with van der Waals surface area (Å²) in [4.78, 5) is 25.7. The number of benzene rings is 2. The van der Waals surface area contributed by atoms with Crippen LogP contribution in [0.3, 0.4) is 0 Å². The van der Waals surface area contributed by atoms with Crippen LogP contribution >= 0.6 is 0 Å². The highest BCUT2D eigenvalue weighted by atomic mass is 16.6. The topological polar surface area (TPSA) is 84.7 Å². The van der Waals surface area contributed by atoms with Gasteiger partial charge in [0.05, 0.1) is 6.54 Å². The summed E-state index contributed by atoms with van der Waals surface area (Å²) in [6.07, 6.45) is 0.0489. The molecule has 7 nitrogen and oxygen atoms in total.